The Kier molecular flexibility index (Phi) is 3.64. The normalized spacial score (nSPS) is 11.1. The third-order valence-electron chi connectivity index (χ3n) is 4.33. The quantitative estimate of drug-likeness (QED) is 0.533. The molecule has 0 saturated carbocycles. The van der Waals surface area contributed by atoms with E-state index in [9.17, 15) is 0 Å². The van der Waals surface area contributed by atoms with E-state index in [2.05, 4.69) is 66.0 Å². The van der Waals surface area contributed by atoms with Crippen molar-refractivity contribution in [3.63, 3.8) is 0 Å². The van der Waals surface area contributed by atoms with Gasteiger partial charge in [-0.2, -0.15) is 5.21 Å². The zero-order chi connectivity index (χ0) is 18.1. The van der Waals surface area contributed by atoms with Crippen molar-refractivity contribution >= 4 is 5.65 Å². The maximum atomic E-state index is 4.52. The molecule has 0 aliphatic heterocycles. The Hall–Kier alpha value is -3.94. The first kappa shape index (κ1) is 15.3. The standard InChI is InChI=1S/C19H14N8/c1-2-4-16(19-22-25-26-23-19)15(3-1)14-7-5-13(6-8-14)11-17-21-18-9-10-20-12-27(18)24-17/h1-10,12H,11H2,(H,22,23,25,26). The first-order chi connectivity index (χ1) is 13.4. The maximum Gasteiger partial charge on any atom is 0.205 e. The second-order valence-corrected chi connectivity index (χ2v) is 6.07. The Labute approximate surface area is 153 Å². The fourth-order valence-corrected chi connectivity index (χ4v) is 3.06. The van der Waals surface area contributed by atoms with E-state index < -0.39 is 0 Å². The minimum absolute atomic E-state index is 0.581. The Morgan fingerprint density at radius 3 is 2.56 bits per heavy atom. The van der Waals surface area contributed by atoms with Gasteiger partial charge in [-0.1, -0.05) is 48.5 Å². The van der Waals surface area contributed by atoms with Crippen LogP contribution in [0.2, 0.25) is 0 Å². The second kappa shape index (κ2) is 6.41. The highest BCUT2D eigenvalue weighted by atomic mass is 15.5. The lowest BCUT2D eigenvalue weighted by Crippen LogP contribution is -1.93. The van der Waals surface area contributed by atoms with Crippen LogP contribution in [0, 0.1) is 0 Å². The zero-order valence-corrected chi connectivity index (χ0v) is 14.2. The summed E-state index contributed by atoms with van der Waals surface area (Å²) >= 11 is 0. The summed E-state index contributed by atoms with van der Waals surface area (Å²) in [6, 6.07) is 18.2. The Morgan fingerprint density at radius 1 is 0.926 bits per heavy atom. The van der Waals surface area contributed by atoms with Crippen molar-refractivity contribution in [1.29, 1.82) is 0 Å². The number of aromatic amines is 1. The number of rotatable bonds is 4. The molecule has 8 heteroatoms. The number of H-pyrrole nitrogens is 1. The molecular formula is C19H14N8. The van der Waals surface area contributed by atoms with Crippen LogP contribution in [0.15, 0.2) is 67.1 Å². The topological polar surface area (TPSA) is 97.5 Å². The Bertz CT molecular complexity index is 1160. The minimum atomic E-state index is 0.581. The van der Waals surface area contributed by atoms with E-state index >= 15 is 0 Å². The van der Waals surface area contributed by atoms with Crippen LogP contribution < -0.4 is 0 Å². The van der Waals surface area contributed by atoms with Crippen LogP contribution in [0.3, 0.4) is 0 Å². The lowest BCUT2D eigenvalue weighted by molar-refractivity contribution is 0.877. The van der Waals surface area contributed by atoms with Gasteiger partial charge in [0.25, 0.3) is 0 Å². The van der Waals surface area contributed by atoms with Gasteiger partial charge in [0, 0.05) is 24.2 Å². The molecule has 3 heterocycles. The highest BCUT2D eigenvalue weighted by Crippen LogP contribution is 2.29. The summed E-state index contributed by atoms with van der Waals surface area (Å²) in [5, 5.41) is 18.8. The number of tetrazole rings is 1. The van der Waals surface area contributed by atoms with Crippen LogP contribution >= 0.6 is 0 Å². The van der Waals surface area contributed by atoms with Gasteiger partial charge in [-0.15, -0.1) is 15.3 Å². The van der Waals surface area contributed by atoms with E-state index in [1.54, 1.807) is 17.0 Å². The molecule has 8 nitrogen and oxygen atoms in total. The average Bonchev–Trinajstić information content (AvgIpc) is 3.38. The molecule has 3 aromatic heterocycles. The lowest BCUT2D eigenvalue weighted by Gasteiger charge is -2.07. The van der Waals surface area contributed by atoms with Gasteiger partial charge in [0.1, 0.15) is 6.33 Å². The summed E-state index contributed by atoms with van der Waals surface area (Å²) < 4.78 is 1.69. The summed E-state index contributed by atoms with van der Waals surface area (Å²) in [5.74, 6) is 1.35. The summed E-state index contributed by atoms with van der Waals surface area (Å²) in [6.45, 7) is 0. The van der Waals surface area contributed by atoms with Crippen molar-refractivity contribution in [3.8, 4) is 22.5 Å². The van der Waals surface area contributed by atoms with E-state index in [1.807, 2.05) is 24.3 Å². The lowest BCUT2D eigenvalue weighted by atomic mass is 9.98. The average molecular weight is 354 g/mol. The number of hydrogen-bond donors (Lipinski definition) is 1. The molecule has 5 rings (SSSR count). The molecule has 0 aliphatic carbocycles. The monoisotopic (exact) mass is 354 g/mol. The molecule has 0 radical (unpaired) electrons. The molecule has 1 N–H and O–H groups in total. The molecule has 0 amide bonds. The zero-order valence-electron chi connectivity index (χ0n) is 14.2. The van der Waals surface area contributed by atoms with Crippen LogP contribution in [0.4, 0.5) is 0 Å². The molecule has 0 fully saturated rings. The SMILES string of the molecule is c1ccc(-c2nn[nH]n2)c(-c2ccc(Cc3nc4ccncn4n3)cc2)c1. The van der Waals surface area contributed by atoms with Gasteiger partial charge in [-0.25, -0.2) is 14.5 Å². The fraction of sp³-hybridized carbons (Fsp3) is 0.0526. The molecule has 2 aromatic carbocycles. The molecule has 0 bridgehead atoms. The van der Waals surface area contributed by atoms with Crippen molar-refractivity contribution in [1.82, 2.24) is 40.2 Å². The van der Waals surface area contributed by atoms with Crippen LogP contribution in [0.1, 0.15) is 11.4 Å². The molecular weight excluding hydrogens is 340 g/mol. The molecule has 0 atom stereocenters. The molecule has 0 aliphatic rings. The van der Waals surface area contributed by atoms with E-state index in [1.165, 1.54) is 0 Å². The number of benzene rings is 2. The summed E-state index contributed by atoms with van der Waals surface area (Å²) in [4.78, 5) is 8.57. The largest absolute Gasteiger partial charge is 0.245 e. The van der Waals surface area contributed by atoms with Gasteiger partial charge in [-0.05, 0) is 21.9 Å². The van der Waals surface area contributed by atoms with E-state index in [0.717, 1.165) is 33.7 Å². The number of aromatic nitrogens is 8. The van der Waals surface area contributed by atoms with Crippen molar-refractivity contribution < 1.29 is 0 Å². The van der Waals surface area contributed by atoms with Gasteiger partial charge in [0.2, 0.25) is 5.82 Å². The molecule has 27 heavy (non-hydrogen) atoms. The molecule has 130 valence electrons. The minimum Gasteiger partial charge on any atom is -0.245 e. The summed E-state index contributed by atoms with van der Waals surface area (Å²) in [7, 11) is 0. The van der Waals surface area contributed by atoms with Crippen LogP contribution in [0.5, 0.6) is 0 Å². The van der Waals surface area contributed by atoms with Crippen molar-refractivity contribution in [2.24, 2.45) is 0 Å². The van der Waals surface area contributed by atoms with E-state index in [4.69, 9.17) is 0 Å². The van der Waals surface area contributed by atoms with E-state index in [-0.39, 0.29) is 0 Å². The molecule has 0 saturated heterocycles. The predicted octanol–water partition coefficient (Wildman–Crippen LogP) is 2.56. The molecule has 0 spiro atoms. The number of fused-ring (bicyclic) bond motifs is 1. The van der Waals surface area contributed by atoms with Gasteiger partial charge in [-0.3, -0.25) is 0 Å². The van der Waals surface area contributed by atoms with Crippen molar-refractivity contribution in [3.05, 3.63) is 78.5 Å². The first-order valence-electron chi connectivity index (χ1n) is 8.44. The van der Waals surface area contributed by atoms with Crippen molar-refractivity contribution in [2.45, 2.75) is 6.42 Å². The Morgan fingerprint density at radius 2 is 1.78 bits per heavy atom. The molecule has 0 unspecified atom stereocenters. The highest BCUT2D eigenvalue weighted by molar-refractivity contribution is 5.80. The maximum absolute atomic E-state index is 4.52. The second-order valence-electron chi connectivity index (χ2n) is 6.07. The van der Waals surface area contributed by atoms with Gasteiger partial charge >= 0.3 is 0 Å². The summed E-state index contributed by atoms with van der Waals surface area (Å²) in [5.41, 5.74) is 5.02. The van der Waals surface area contributed by atoms with Crippen LogP contribution in [-0.4, -0.2) is 40.2 Å². The third kappa shape index (κ3) is 2.93. The van der Waals surface area contributed by atoms with Gasteiger partial charge in [0.15, 0.2) is 11.5 Å². The first-order valence-corrected chi connectivity index (χ1v) is 8.44. The van der Waals surface area contributed by atoms with Crippen LogP contribution in [-0.2, 0) is 6.42 Å². The number of nitrogens with one attached hydrogen (secondary N) is 1. The van der Waals surface area contributed by atoms with Gasteiger partial charge < -0.3 is 0 Å². The predicted molar refractivity (Wildman–Crippen MR) is 98.6 cm³/mol. The molecule has 5 aromatic rings. The number of hydrogen-bond acceptors (Lipinski definition) is 6. The fourth-order valence-electron chi connectivity index (χ4n) is 3.06. The van der Waals surface area contributed by atoms with Crippen LogP contribution in [0.25, 0.3) is 28.2 Å². The third-order valence-corrected chi connectivity index (χ3v) is 4.33. The number of nitrogens with zero attached hydrogens (tertiary/aromatic N) is 7. The van der Waals surface area contributed by atoms with Gasteiger partial charge in [0.05, 0.1) is 0 Å². The Balaban J connectivity index is 1.44. The highest BCUT2D eigenvalue weighted by Gasteiger charge is 2.11. The smallest absolute Gasteiger partial charge is 0.205 e. The van der Waals surface area contributed by atoms with Crippen molar-refractivity contribution in [2.75, 3.05) is 0 Å². The summed E-state index contributed by atoms with van der Waals surface area (Å²) in [6.07, 6.45) is 4.03. The van der Waals surface area contributed by atoms with E-state index in [0.29, 0.717) is 12.2 Å².